The number of carbonyl (C=O) groups excluding carboxylic acids is 1. The Balaban J connectivity index is 2.06. The molecule has 0 spiro atoms. The van der Waals surface area contributed by atoms with Crippen LogP contribution in [0.3, 0.4) is 0 Å². The van der Waals surface area contributed by atoms with Crippen LogP contribution in [-0.4, -0.2) is 31.4 Å². The second kappa shape index (κ2) is 7.95. The van der Waals surface area contributed by atoms with Gasteiger partial charge in [0.2, 0.25) is 0 Å². The standard InChI is InChI=1S/C23H25NO4S/c1-5-16-20(19-8-7-11-29-19)21(23(25)28-6-2)22-15-13-18(27-4)17(26-3)12-14(15)9-10-24(16)22/h7-8,11-13H,5-6,9-10H2,1-4H3. The van der Waals surface area contributed by atoms with E-state index in [0.29, 0.717) is 23.7 Å². The molecular formula is C23H25NO4S. The van der Waals surface area contributed by atoms with Crippen molar-refractivity contribution in [1.29, 1.82) is 0 Å². The third kappa shape index (κ3) is 3.12. The maximum absolute atomic E-state index is 13.2. The first-order valence-electron chi connectivity index (χ1n) is 9.86. The maximum atomic E-state index is 13.2. The van der Waals surface area contributed by atoms with Crippen LogP contribution in [0.5, 0.6) is 11.5 Å². The molecule has 0 atom stereocenters. The molecule has 0 amide bonds. The lowest BCUT2D eigenvalue weighted by molar-refractivity contribution is 0.0528. The van der Waals surface area contributed by atoms with Gasteiger partial charge in [0.25, 0.3) is 0 Å². The number of hydrogen-bond donors (Lipinski definition) is 0. The third-order valence-corrected chi connectivity index (χ3v) is 6.31. The number of aromatic nitrogens is 1. The molecule has 0 bridgehead atoms. The summed E-state index contributed by atoms with van der Waals surface area (Å²) in [4.78, 5) is 14.3. The first kappa shape index (κ1) is 19.6. The molecule has 0 unspecified atom stereocenters. The fourth-order valence-corrected chi connectivity index (χ4v) is 5.03. The van der Waals surface area contributed by atoms with Gasteiger partial charge in [0, 0.05) is 28.2 Å². The summed E-state index contributed by atoms with van der Waals surface area (Å²) in [6, 6.07) is 8.10. The number of nitrogens with zero attached hydrogens (tertiary/aromatic N) is 1. The first-order chi connectivity index (χ1) is 14.1. The van der Waals surface area contributed by atoms with Crippen molar-refractivity contribution >= 4 is 17.3 Å². The molecule has 1 aliphatic rings. The summed E-state index contributed by atoms with van der Waals surface area (Å²) in [5.41, 5.74) is 5.91. The number of hydrogen-bond acceptors (Lipinski definition) is 5. The largest absolute Gasteiger partial charge is 0.493 e. The zero-order valence-corrected chi connectivity index (χ0v) is 18.0. The Labute approximate surface area is 174 Å². The van der Waals surface area contributed by atoms with E-state index in [4.69, 9.17) is 14.2 Å². The van der Waals surface area contributed by atoms with Gasteiger partial charge in [-0.05, 0) is 48.9 Å². The number of fused-ring (bicyclic) bond motifs is 3. The minimum atomic E-state index is -0.276. The summed E-state index contributed by atoms with van der Waals surface area (Å²) in [6.45, 7) is 5.14. The van der Waals surface area contributed by atoms with Crippen molar-refractivity contribution in [2.75, 3.05) is 20.8 Å². The zero-order valence-electron chi connectivity index (χ0n) is 17.2. The van der Waals surface area contributed by atoms with Gasteiger partial charge in [-0.15, -0.1) is 11.3 Å². The molecular weight excluding hydrogens is 386 g/mol. The summed E-state index contributed by atoms with van der Waals surface area (Å²) in [6.07, 6.45) is 1.71. The number of thiophene rings is 1. The van der Waals surface area contributed by atoms with Gasteiger partial charge >= 0.3 is 5.97 Å². The van der Waals surface area contributed by atoms with E-state index in [1.807, 2.05) is 30.5 Å². The molecule has 3 aromatic rings. The number of carbonyl (C=O) groups is 1. The van der Waals surface area contributed by atoms with Crippen LogP contribution in [0.2, 0.25) is 0 Å². The Morgan fingerprint density at radius 2 is 1.93 bits per heavy atom. The normalized spacial score (nSPS) is 12.3. The van der Waals surface area contributed by atoms with E-state index in [1.165, 1.54) is 5.69 Å². The van der Waals surface area contributed by atoms with Crippen LogP contribution < -0.4 is 9.47 Å². The van der Waals surface area contributed by atoms with Gasteiger partial charge in [-0.1, -0.05) is 13.0 Å². The summed E-state index contributed by atoms with van der Waals surface area (Å²) < 4.78 is 18.8. The van der Waals surface area contributed by atoms with E-state index >= 15 is 0 Å². The average molecular weight is 412 g/mol. The molecule has 0 fully saturated rings. The Hall–Kier alpha value is -2.73. The molecule has 6 heteroatoms. The van der Waals surface area contributed by atoms with Crippen LogP contribution in [0, 0.1) is 0 Å². The van der Waals surface area contributed by atoms with Crippen molar-refractivity contribution in [1.82, 2.24) is 4.57 Å². The van der Waals surface area contributed by atoms with Crippen molar-refractivity contribution in [3.05, 3.63) is 46.5 Å². The molecule has 1 aliphatic heterocycles. The van der Waals surface area contributed by atoms with Crippen molar-refractivity contribution in [3.8, 4) is 33.2 Å². The smallest absolute Gasteiger partial charge is 0.341 e. The molecule has 152 valence electrons. The molecule has 2 aromatic heterocycles. The summed E-state index contributed by atoms with van der Waals surface area (Å²) in [5, 5.41) is 2.04. The van der Waals surface area contributed by atoms with Crippen molar-refractivity contribution in [2.45, 2.75) is 33.2 Å². The van der Waals surface area contributed by atoms with Gasteiger partial charge in [-0.25, -0.2) is 4.79 Å². The second-order valence-electron chi connectivity index (χ2n) is 6.86. The van der Waals surface area contributed by atoms with Crippen LogP contribution in [0.25, 0.3) is 21.7 Å². The highest BCUT2D eigenvalue weighted by atomic mass is 32.1. The number of esters is 1. The SMILES string of the molecule is CCOC(=O)c1c(-c2cccs2)c(CC)n2c1-c1cc(OC)c(OC)cc1CC2. The van der Waals surface area contributed by atoms with E-state index in [0.717, 1.165) is 46.6 Å². The highest BCUT2D eigenvalue weighted by Crippen LogP contribution is 2.46. The second-order valence-corrected chi connectivity index (χ2v) is 7.81. The molecule has 0 saturated carbocycles. The minimum Gasteiger partial charge on any atom is -0.493 e. The Kier molecular flexibility index (Phi) is 5.37. The quantitative estimate of drug-likeness (QED) is 0.524. The van der Waals surface area contributed by atoms with Gasteiger partial charge in [-0.2, -0.15) is 0 Å². The summed E-state index contributed by atoms with van der Waals surface area (Å²) in [5.74, 6) is 1.09. The van der Waals surface area contributed by atoms with Gasteiger partial charge in [0.15, 0.2) is 11.5 Å². The minimum absolute atomic E-state index is 0.276. The van der Waals surface area contributed by atoms with Gasteiger partial charge in [-0.3, -0.25) is 0 Å². The molecule has 0 N–H and O–H groups in total. The van der Waals surface area contributed by atoms with E-state index < -0.39 is 0 Å². The van der Waals surface area contributed by atoms with E-state index in [1.54, 1.807) is 25.6 Å². The van der Waals surface area contributed by atoms with Gasteiger partial charge in [0.1, 0.15) is 0 Å². The van der Waals surface area contributed by atoms with Crippen LogP contribution in [0.1, 0.15) is 35.5 Å². The lowest BCUT2D eigenvalue weighted by Gasteiger charge is -2.23. The molecule has 0 radical (unpaired) electrons. The predicted molar refractivity (Wildman–Crippen MR) is 115 cm³/mol. The molecule has 3 heterocycles. The molecule has 0 aliphatic carbocycles. The van der Waals surface area contributed by atoms with Crippen LogP contribution in [-0.2, 0) is 24.1 Å². The summed E-state index contributed by atoms with van der Waals surface area (Å²) >= 11 is 1.65. The number of aryl methyl sites for hydroxylation is 1. The van der Waals surface area contributed by atoms with Crippen LogP contribution >= 0.6 is 11.3 Å². The molecule has 1 aromatic carbocycles. The zero-order chi connectivity index (χ0) is 20.5. The Morgan fingerprint density at radius 1 is 1.17 bits per heavy atom. The molecule has 5 nitrogen and oxygen atoms in total. The van der Waals surface area contributed by atoms with Crippen molar-refractivity contribution < 1.29 is 19.0 Å². The van der Waals surface area contributed by atoms with E-state index in [9.17, 15) is 4.79 Å². The van der Waals surface area contributed by atoms with Gasteiger partial charge in [0.05, 0.1) is 32.1 Å². The lowest BCUT2D eigenvalue weighted by atomic mass is 9.94. The fraction of sp³-hybridized carbons (Fsp3) is 0.348. The molecule has 29 heavy (non-hydrogen) atoms. The average Bonchev–Trinajstić information content (AvgIpc) is 3.38. The van der Waals surface area contributed by atoms with Crippen LogP contribution in [0.4, 0.5) is 0 Å². The number of methoxy groups -OCH3 is 2. The molecule has 4 rings (SSSR count). The maximum Gasteiger partial charge on any atom is 0.341 e. The summed E-state index contributed by atoms with van der Waals surface area (Å²) in [7, 11) is 3.27. The highest BCUT2D eigenvalue weighted by molar-refractivity contribution is 7.13. The van der Waals surface area contributed by atoms with Gasteiger partial charge < -0.3 is 18.8 Å². The fourth-order valence-electron chi connectivity index (χ4n) is 4.23. The Bertz CT molecular complexity index is 1050. The highest BCUT2D eigenvalue weighted by Gasteiger charge is 2.33. The predicted octanol–water partition coefficient (Wildman–Crippen LogP) is 5.20. The number of ether oxygens (including phenoxy) is 3. The van der Waals surface area contributed by atoms with Crippen LogP contribution in [0.15, 0.2) is 29.6 Å². The number of benzene rings is 1. The first-order valence-corrected chi connectivity index (χ1v) is 10.7. The van der Waals surface area contributed by atoms with E-state index in [2.05, 4.69) is 17.6 Å². The molecule has 0 saturated heterocycles. The Morgan fingerprint density at radius 3 is 2.55 bits per heavy atom. The monoisotopic (exact) mass is 411 g/mol. The van der Waals surface area contributed by atoms with Crippen molar-refractivity contribution in [2.24, 2.45) is 0 Å². The topological polar surface area (TPSA) is 49.7 Å². The third-order valence-electron chi connectivity index (χ3n) is 5.42. The van der Waals surface area contributed by atoms with E-state index in [-0.39, 0.29) is 5.97 Å². The number of rotatable bonds is 6. The lowest BCUT2D eigenvalue weighted by Crippen LogP contribution is -2.15. The van der Waals surface area contributed by atoms with Crippen molar-refractivity contribution in [3.63, 3.8) is 0 Å².